The quantitative estimate of drug-likeness (QED) is 0.629. The smallest absolute Gasteiger partial charge is 0.321 e. The van der Waals surface area contributed by atoms with Crippen LogP contribution in [0.4, 0.5) is 10.5 Å². The number of carbonyl (C=O) groups excluding carboxylic acids is 2. The fraction of sp³-hybridized carbons (Fsp3) is 0.217. The summed E-state index contributed by atoms with van der Waals surface area (Å²) in [6.45, 7) is 2.02. The number of urea groups is 1. The van der Waals surface area contributed by atoms with Crippen LogP contribution in [0.1, 0.15) is 28.1 Å². The molecule has 29 heavy (non-hydrogen) atoms. The maximum Gasteiger partial charge on any atom is 0.321 e. The molecule has 2 heterocycles. The molecule has 2 aromatic carbocycles. The molecule has 1 aliphatic heterocycles. The van der Waals surface area contributed by atoms with E-state index in [1.54, 1.807) is 0 Å². The summed E-state index contributed by atoms with van der Waals surface area (Å²) in [5.74, 6) is -0.0923. The Kier molecular flexibility index (Phi) is 5.91. The van der Waals surface area contributed by atoms with Crippen LogP contribution in [0.3, 0.4) is 0 Å². The molecule has 2 N–H and O–H groups in total. The van der Waals surface area contributed by atoms with Crippen LogP contribution in [0, 0.1) is 0 Å². The summed E-state index contributed by atoms with van der Waals surface area (Å²) in [7, 11) is 0. The number of nitrogens with one attached hydrogen (secondary N) is 2. The molecule has 0 unspecified atom stereocenters. The monoisotopic (exact) mass is 405 g/mol. The van der Waals surface area contributed by atoms with Gasteiger partial charge in [-0.25, -0.2) is 4.79 Å². The second-order valence-corrected chi connectivity index (χ2v) is 7.95. The van der Waals surface area contributed by atoms with Crippen molar-refractivity contribution in [3.63, 3.8) is 0 Å². The van der Waals surface area contributed by atoms with Crippen molar-refractivity contribution in [2.75, 3.05) is 18.4 Å². The van der Waals surface area contributed by atoms with Gasteiger partial charge in [-0.05, 0) is 47.5 Å². The first-order valence-corrected chi connectivity index (χ1v) is 10.6. The molecule has 0 atom stereocenters. The maximum atomic E-state index is 12.7. The van der Waals surface area contributed by atoms with E-state index >= 15 is 0 Å². The van der Waals surface area contributed by atoms with E-state index in [0.29, 0.717) is 11.4 Å². The van der Waals surface area contributed by atoms with E-state index in [-0.39, 0.29) is 11.9 Å². The Hall–Kier alpha value is -3.12. The van der Waals surface area contributed by atoms with Crippen molar-refractivity contribution in [2.24, 2.45) is 0 Å². The van der Waals surface area contributed by atoms with E-state index in [1.807, 2.05) is 70.9 Å². The highest BCUT2D eigenvalue weighted by Crippen LogP contribution is 2.28. The van der Waals surface area contributed by atoms with Crippen molar-refractivity contribution in [3.05, 3.63) is 76.5 Å². The van der Waals surface area contributed by atoms with Crippen molar-refractivity contribution in [3.8, 4) is 11.1 Å². The van der Waals surface area contributed by atoms with Gasteiger partial charge < -0.3 is 15.5 Å². The third-order valence-corrected chi connectivity index (χ3v) is 5.89. The Morgan fingerprint density at radius 3 is 2.55 bits per heavy atom. The molecule has 6 heteroatoms. The number of thiophene rings is 1. The highest BCUT2D eigenvalue weighted by atomic mass is 32.1. The predicted molar refractivity (Wildman–Crippen MR) is 117 cm³/mol. The molecule has 1 saturated heterocycles. The number of hydrogen-bond acceptors (Lipinski definition) is 3. The van der Waals surface area contributed by atoms with Crippen LogP contribution in [0.2, 0.25) is 0 Å². The van der Waals surface area contributed by atoms with Gasteiger partial charge >= 0.3 is 6.03 Å². The molecular formula is C23H23N3O2S. The Labute approximate surface area is 174 Å². The van der Waals surface area contributed by atoms with Crippen molar-refractivity contribution in [2.45, 2.75) is 19.4 Å². The van der Waals surface area contributed by atoms with Crippen molar-refractivity contribution >= 4 is 29.0 Å². The van der Waals surface area contributed by atoms with Crippen LogP contribution in [-0.4, -0.2) is 29.9 Å². The molecule has 1 fully saturated rings. The normalized spacial score (nSPS) is 13.3. The zero-order chi connectivity index (χ0) is 20.1. The second kappa shape index (κ2) is 8.92. The van der Waals surface area contributed by atoms with E-state index in [9.17, 15) is 9.59 Å². The first-order chi connectivity index (χ1) is 14.2. The SMILES string of the molecule is O=C(NCc1cccc(NC(=O)N2CCCC2)c1)c1sccc1-c1ccccc1. The summed E-state index contributed by atoms with van der Waals surface area (Å²) < 4.78 is 0. The summed E-state index contributed by atoms with van der Waals surface area (Å²) >= 11 is 1.44. The van der Waals surface area contributed by atoms with Gasteiger partial charge in [-0.2, -0.15) is 0 Å². The fourth-order valence-electron chi connectivity index (χ4n) is 3.47. The average Bonchev–Trinajstić information content (AvgIpc) is 3.45. The van der Waals surface area contributed by atoms with Gasteiger partial charge in [0, 0.05) is 30.9 Å². The summed E-state index contributed by atoms with van der Waals surface area (Å²) in [5, 5.41) is 7.88. The second-order valence-electron chi connectivity index (χ2n) is 7.04. The van der Waals surface area contributed by atoms with E-state index in [1.165, 1.54) is 11.3 Å². The molecule has 0 aliphatic carbocycles. The number of hydrogen-bond donors (Lipinski definition) is 2. The van der Waals surface area contributed by atoms with Gasteiger partial charge in [-0.1, -0.05) is 42.5 Å². The molecule has 1 aliphatic rings. The first-order valence-electron chi connectivity index (χ1n) is 9.77. The molecule has 1 aromatic heterocycles. The zero-order valence-electron chi connectivity index (χ0n) is 16.1. The molecule has 148 valence electrons. The largest absolute Gasteiger partial charge is 0.347 e. The molecule has 0 saturated carbocycles. The lowest BCUT2D eigenvalue weighted by Gasteiger charge is -2.16. The number of nitrogens with zero attached hydrogens (tertiary/aromatic N) is 1. The van der Waals surface area contributed by atoms with Crippen molar-refractivity contribution < 1.29 is 9.59 Å². The summed E-state index contributed by atoms with van der Waals surface area (Å²) in [6.07, 6.45) is 2.13. The standard InChI is InChI=1S/C23H23N3O2S/c27-22(21-20(11-14-29-21)18-8-2-1-3-9-18)24-16-17-7-6-10-19(15-17)25-23(28)26-12-4-5-13-26/h1-3,6-11,14-15H,4-5,12-13,16H2,(H,24,27)(H,25,28). The summed E-state index contributed by atoms with van der Waals surface area (Å²) in [5.41, 5.74) is 3.66. The molecule has 3 aromatic rings. The Morgan fingerprint density at radius 1 is 0.966 bits per heavy atom. The van der Waals surface area contributed by atoms with Crippen LogP contribution >= 0.6 is 11.3 Å². The van der Waals surface area contributed by atoms with Crippen LogP contribution in [-0.2, 0) is 6.54 Å². The number of rotatable bonds is 5. The number of benzene rings is 2. The number of carbonyl (C=O) groups is 2. The van der Waals surface area contributed by atoms with Gasteiger partial charge in [0.1, 0.15) is 0 Å². The zero-order valence-corrected chi connectivity index (χ0v) is 16.9. The highest BCUT2D eigenvalue weighted by Gasteiger charge is 2.18. The van der Waals surface area contributed by atoms with Crippen molar-refractivity contribution in [1.29, 1.82) is 0 Å². The summed E-state index contributed by atoms with van der Waals surface area (Å²) in [4.78, 5) is 27.5. The van der Waals surface area contributed by atoms with Gasteiger partial charge in [0.25, 0.3) is 5.91 Å². The van der Waals surface area contributed by atoms with Gasteiger partial charge in [0.15, 0.2) is 0 Å². The minimum Gasteiger partial charge on any atom is -0.347 e. The Morgan fingerprint density at radius 2 is 1.76 bits per heavy atom. The van der Waals surface area contributed by atoms with Crippen LogP contribution in [0.5, 0.6) is 0 Å². The lowest BCUT2D eigenvalue weighted by Crippen LogP contribution is -2.32. The molecule has 5 nitrogen and oxygen atoms in total. The van der Waals surface area contributed by atoms with Gasteiger partial charge in [0.05, 0.1) is 4.88 Å². The van der Waals surface area contributed by atoms with E-state index < -0.39 is 0 Å². The molecule has 0 spiro atoms. The highest BCUT2D eigenvalue weighted by molar-refractivity contribution is 7.12. The number of likely N-dealkylation sites (tertiary alicyclic amines) is 1. The molecule has 4 rings (SSSR count). The van der Waals surface area contributed by atoms with E-state index in [0.717, 1.165) is 48.3 Å². The molecule has 0 radical (unpaired) electrons. The predicted octanol–water partition coefficient (Wildman–Crippen LogP) is 4.97. The van der Waals surface area contributed by atoms with Gasteiger partial charge in [-0.3, -0.25) is 4.79 Å². The molecular weight excluding hydrogens is 382 g/mol. The van der Waals surface area contributed by atoms with E-state index in [4.69, 9.17) is 0 Å². The minimum absolute atomic E-state index is 0.0604. The van der Waals surface area contributed by atoms with Crippen LogP contribution in [0.25, 0.3) is 11.1 Å². The first kappa shape index (κ1) is 19.2. The maximum absolute atomic E-state index is 12.7. The van der Waals surface area contributed by atoms with Crippen molar-refractivity contribution in [1.82, 2.24) is 10.2 Å². The summed E-state index contributed by atoms with van der Waals surface area (Å²) in [6, 6.07) is 19.4. The lowest BCUT2D eigenvalue weighted by molar-refractivity contribution is 0.0955. The third kappa shape index (κ3) is 4.66. The third-order valence-electron chi connectivity index (χ3n) is 4.98. The Bertz CT molecular complexity index is 994. The lowest BCUT2D eigenvalue weighted by atomic mass is 10.1. The van der Waals surface area contributed by atoms with Gasteiger partial charge in [-0.15, -0.1) is 11.3 Å². The number of anilines is 1. The van der Waals surface area contributed by atoms with Crippen LogP contribution < -0.4 is 10.6 Å². The minimum atomic E-state index is -0.0923. The van der Waals surface area contributed by atoms with Crippen LogP contribution in [0.15, 0.2) is 66.0 Å². The molecule has 0 bridgehead atoms. The number of amides is 3. The van der Waals surface area contributed by atoms with E-state index in [2.05, 4.69) is 10.6 Å². The average molecular weight is 406 g/mol. The topological polar surface area (TPSA) is 61.4 Å². The molecule has 3 amide bonds. The van der Waals surface area contributed by atoms with Gasteiger partial charge in [0.2, 0.25) is 0 Å². The fourth-order valence-corrected chi connectivity index (χ4v) is 4.31. The Balaban J connectivity index is 1.39.